The van der Waals surface area contributed by atoms with Crippen molar-refractivity contribution in [3.05, 3.63) is 41.6 Å². The van der Waals surface area contributed by atoms with Gasteiger partial charge in [-0.1, -0.05) is 24.3 Å². The molecule has 15 heavy (non-hydrogen) atoms. The molecule has 1 aliphatic rings. The van der Waals surface area contributed by atoms with Gasteiger partial charge in [0.05, 0.1) is 6.04 Å². The van der Waals surface area contributed by atoms with Crippen molar-refractivity contribution in [1.82, 2.24) is 5.32 Å². The van der Waals surface area contributed by atoms with E-state index in [1.807, 2.05) is 36.5 Å². The van der Waals surface area contributed by atoms with E-state index in [1.54, 1.807) is 0 Å². The zero-order valence-corrected chi connectivity index (χ0v) is 8.31. The van der Waals surface area contributed by atoms with Gasteiger partial charge >= 0.3 is 5.97 Å². The first-order valence-corrected chi connectivity index (χ1v) is 5.00. The Hall–Kier alpha value is -1.77. The maximum absolute atomic E-state index is 10.5. The fourth-order valence-corrected chi connectivity index (χ4v) is 1.83. The minimum absolute atomic E-state index is 0.127. The average Bonchev–Trinajstić information content (AvgIpc) is 2.26. The quantitative estimate of drug-likeness (QED) is 0.791. The van der Waals surface area contributed by atoms with E-state index in [9.17, 15) is 4.79 Å². The third-order valence-electron chi connectivity index (χ3n) is 2.58. The van der Waals surface area contributed by atoms with Gasteiger partial charge in [-0.25, -0.2) is 0 Å². The molecule has 1 unspecified atom stereocenters. The third kappa shape index (κ3) is 2.18. The van der Waals surface area contributed by atoms with Crippen LogP contribution >= 0.6 is 0 Å². The highest BCUT2D eigenvalue weighted by Crippen LogP contribution is 2.26. The Morgan fingerprint density at radius 1 is 1.40 bits per heavy atom. The molecule has 0 bridgehead atoms. The number of carboxylic acids is 1. The molecule has 1 aromatic rings. The molecule has 1 aliphatic heterocycles. The molecule has 0 saturated carbocycles. The highest BCUT2D eigenvalue weighted by molar-refractivity contribution is 5.67. The van der Waals surface area contributed by atoms with Gasteiger partial charge in [-0.05, 0) is 29.8 Å². The summed E-state index contributed by atoms with van der Waals surface area (Å²) in [4.78, 5) is 10.5. The van der Waals surface area contributed by atoms with Gasteiger partial charge in [0.2, 0.25) is 0 Å². The van der Waals surface area contributed by atoms with Crippen molar-refractivity contribution in [2.24, 2.45) is 0 Å². The number of nitrogens with one attached hydrogen (secondary N) is 1. The number of aliphatic carboxylic acids is 1. The lowest BCUT2D eigenvalue weighted by atomic mass is 9.95. The summed E-state index contributed by atoms with van der Waals surface area (Å²) in [6.07, 6.45) is 4.71. The smallest absolute Gasteiger partial charge is 0.303 e. The summed E-state index contributed by atoms with van der Waals surface area (Å²) in [5.41, 5.74) is 2.35. The average molecular weight is 203 g/mol. The lowest BCUT2D eigenvalue weighted by Crippen LogP contribution is -2.20. The van der Waals surface area contributed by atoms with Crippen LogP contribution in [0.25, 0.3) is 6.08 Å². The Balaban J connectivity index is 2.15. The number of rotatable bonds is 3. The van der Waals surface area contributed by atoms with Crippen molar-refractivity contribution in [3.63, 3.8) is 0 Å². The number of hydrogen-bond acceptors (Lipinski definition) is 2. The second kappa shape index (κ2) is 4.17. The van der Waals surface area contributed by atoms with Crippen molar-refractivity contribution >= 4 is 12.0 Å². The Kier molecular flexibility index (Phi) is 2.72. The van der Waals surface area contributed by atoms with E-state index in [0.29, 0.717) is 6.42 Å². The Bertz CT molecular complexity index is 398. The number of hydrogen-bond donors (Lipinski definition) is 2. The third-order valence-corrected chi connectivity index (χ3v) is 2.58. The summed E-state index contributed by atoms with van der Waals surface area (Å²) in [6, 6.07) is 8.18. The molecule has 3 nitrogen and oxygen atoms in total. The van der Waals surface area contributed by atoms with Crippen LogP contribution in [0.2, 0.25) is 0 Å². The number of carbonyl (C=O) groups is 1. The van der Waals surface area contributed by atoms with E-state index in [2.05, 4.69) is 5.32 Å². The number of fused-ring (bicyclic) bond motifs is 1. The maximum Gasteiger partial charge on any atom is 0.303 e. The molecule has 0 radical (unpaired) electrons. The topological polar surface area (TPSA) is 49.3 Å². The van der Waals surface area contributed by atoms with Crippen molar-refractivity contribution in [2.75, 3.05) is 0 Å². The Labute approximate surface area is 88.4 Å². The molecule has 0 aromatic heterocycles. The lowest BCUT2D eigenvalue weighted by molar-refractivity contribution is -0.137. The van der Waals surface area contributed by atoms with Gasteiger partial charge in [-0.2, -0.15) is 0 Å². The van der Waals surface area contributed by atoms with Crippen LogP contribution in [-0.2, 0) is 4.79 Å². The monoisotopic (exact) mass is 203 g/mol. The number of carboxylic acid groups (broad SMARTS) is 1. The van der Waals surface area contributed by atoms with E-state index in [-0.39, 0.29) is 12.5 Å². The molecule has 2 rings (SSSR count). The molecule has 0 saturated heterocycles. The number of benzene rings is 1. The molecule has 78 valence electrons. The maximum atomic E-state index is 10.5. The summed E-state index contributed by atoms with van der Waals surface area (Å²) in [5.74, 6) is -0.746. The van der Waals surface area contributed by atoms with Gasteiger partial charge in [0.25, 0.3) is 0 Å². The second-order valence-electron chi connectivity index (χ2n) is 3.61. The molecular weight excluding hydrogens is 190 g/mol. The predicted octanol–water partition coefficient (Wildman–Crippen LogP) is 2.17. The normalized spacial score (nSPS) is 18.0. The van der Waals surface area contributed by atoms with E-state index in [4.69, 9.17) is 5.11 Å². The zero-order chi connectivity index (χ0) is 10.7. The lowest BCUT2D eigenvalue weighted by Gasteiger charge is -2.22. The summed E-state index contributed by atoms with van der Waals surface area (Å²) in [7, 11) is 0. The van der Waals surface area contributed by atoms with Crippen LogP contribution in [0.4, 0.5) is 0 Å². The van der Waals surface area contributed by atoms with Gasteiger partial charge in [-0.3, -0.25) is 4.79 Å². The van der Waals surface area contributed by atoms with Crippen molar-refractivity contribution in [1.29, 1.82) is 0 Å². The Morgan fingerprint density at radius 2 is 2.20 bits per heavy atom. The molecule has 1 heterocycles. The van der Waals surface area contributed by atoms with Crippen LogP contribution in [-0.4, -0.2) is 11.1 Å². The molecule has 0 spiro atoms. The van der Waals surface area contributed by atoms with Gasteiger partial charge in [0.1, 0.15) is 0 Å². The van der Waals surface area contributed by atoms with Crippen LogP contribution in [0, 0.1) is 0 Å². The van der Waals surface area contributed by atoms with Crippen LogP contribution < -0.4 is 5.32 Å². The van der Waals surface area contributed by atoms with E-state index in [1.165, 1.54) is 11.1 Å². The molecular formula is C12H13NO2. The molecule has 2 N–H and O–H groups in total. The summed E-state index contributed by atoms with van der Waals surface area (Å²) in [5, 5.41) is 11.8. The van der Waals surface area contributed by atoms with Crippen molar-refractivity contribution < 1.29 is 9.90 Å². The van der Waals surface area contributed by atoms with Gasteiger partial charge < -0.3 is 10.4 Å². The Morgan fingerprint density at radius 3 is 3.00 bits per heavy atom. The first-order valence-electron chi connectivity index (χ1n) is 5.00. The summed E-state index contributed by atoms with van der Waals surface area (Å²) >= 11 is 0. The fourth-order valence-electron chi connectivity index (χ4n) is 1.83. The molecule has 1 aromatic carbocycles. The van der Waals surface area contributed by atoms with E-state index < -0.39 is 5.97 Å². The van der Waals surface area contributed by atoms with Crippen LogP contribution in [0.5, 0.6) is 0 Å². The highest BCUT2D eigenvalue weighted by atomic mass is 16.4. The van der Waals surface area contributed by atoms with Crippen molar-refractivity contribution in [2.45, 2.75) is 18.9 Å². The van der Waals surface area contributed by atoms with E-state index >= 15 is 0 Å². The molecule has 1 atom stereocenters. The largest absolute Gasteiger partial charge is 0.481 e. The summed E-state index contributed by atoms with van der Waals surface area (Å²) < 4.78 is 0. The van der Waals surface area contributed by atoms with Gasteiger partial charge in [-0.15, -0.1) is 0 Å². The summed E-state index contributed by atoms with van der Waals surface area (Å²) in [6.45, 7) is 0. The van der Waals surface area contributed by atoms with Gasteiger partial charge in [0.15, 0.2) is 0 Å². The standard InChI is InChI=1S/C12H13NO2/c14-12(15)6-5-11-10-4-2-1-3-9(10)7-8-13-11/h1-4,7-8,11,13H,5-6H2,(H,14,15). The molecule has 0 fully saturated rings. The fraction of sp³-hybridized carbons (Fsp3) is 0.250. The minimum atomic E-state index is -0.746. The second-order valence-corrected chi connectivity index (χ2v) is 3.61. The van der Waals surface area contributed by atoms with Crippen LogP contribution in [0.3, 0.4) is 0 Å². The minimum Gasteiger partial charge on any atom is -0.481 e. The van der Waals surface area contributed by atoms with Gasteiger partial charge in [0, 0.05) is 6.42 Å². The SMILES string of the molecule is O=C(O)CCC1NC=Cc2ccccc21. The highest BCUT2D eigenvalue weighted by Gasteiger charge is 2.16. The molecule has 3 heteroatoms. The first-order chi connectivity index (χ1) is 7.27. The van der Waals surface area contributed by atoms with Crippen LogP contribution in [0.1, 0.15) is 30.0 Å². The molecule has 0 amide bonds. The predicted molar refractivity (Wildman–Crippen MR) is 58.2 cm³/mol. The van der Waals surface area contributed by atoms with Crippen LogP contribution in [0.15, 0.2) is 30.5 Å². The van der Waals surface area contributed by atoms with Crippen molar-refractivity contribution in [3.8, 4) is 0 Å². The first kappa shape index (κ1) is 9.77. The van der Waals surface area contributed by atoms with E-state index in [0.717, 1.165) is 0 Å². The molecule has 0 aliphatic carbocycles. The zero-order valence-electron chi connectivity index (χ0n) is 8.31.